The highest BCUT2D eigenvalue weighted by atomic mass is 35.5. The van der Waals surface area contributed by atoms with Gasteiger partial charge in [0, 0.05) is 30.1 Å². The molecule has 35 heavy (non-hydrogen) atoms. The summed E-state index contributed by atoms with van der Waals surface area (Å²) in [5.41, 5.74) is 0.977. The number of ether oxygens (including phenoxy) is 2. The molecule has 2 heterocycles. The lowest BCUT2D eigenvalue weighted by Crippen LogP contribution is -2.48. The van der Waals surface area contributed by atoms with Crippen LogP contribution >= 0.6 is 22.9 Å². The Morgan fingerprint density at radius 1 is 1.17 bits per heavy atom. The van der Waals surface area contributed by atoms with Gasteiger partial charge in [-0.15, -0.1) is 11.3 Å². The molecule has 9 heteroatoms. The number of thiophene rings is 1. The largest absolute Gasteiger partial charge is 0.491 e. The summed E-state index contributed by atoms with van der Waals surface area (Å²) in [6.45, 7) is 0.973. The minimum Gasteiger partial charge on any atom is -0.491 e. The summed E-state index contributed by atoms with van der Waals surface area (Å²) < 4.78 is 25.4. The molecule has 0 fully saturated rings. The molecule has 0 bridgehead atoms. The Balaban J connectivity index is 1.53. The van der Waals surface area contributed by atoms with Crippen molar-refractivity contribution < 1.29 is 23.5 Å². The van der Waals surface area contributed by atoms with Gasteiger partial charge in [0.25, 0.3) is 5.91 Å². The summed E-state index contributed by atoms with van der Waals surface area (Å²) in [6, 6.07) is 14.5. The first-order chi connectivity index (χ1) is 17.0. The third kappa shape index (κ3) is 6.01. The molecule has 1 aliphatic heterocycles. The highest BCUT2D eigenvalue weighted by molar-refractivity contribution is 7.10. The third-order valence-electron chi connectivity index (χ3n) is 5.92. The van der Waals surface area contributed by atoms with Crippen LogP contribution in [0, 0.1) is 5.82 Å². The van der Waals surface area contributed by atoms with Gasteiger partial charge in [-0.2, -0.15) is 0 Å². The predicted octanol–water partition coefficient (Wildman–Crippen LogP) is 4.83. The average Bonchev–Trinajstić information content (AvgIpc) is 3.35. The van der Waals surface area contributed by atoms with Gasteiger partial charge in [-0.25, -0.2) is 4.39 Å². The molecular weight excluding hydrogens is 491 g/mol. The fourth-order valence-corrected chi connectivity index (χ4v) is 5.15. The van der Waals surface area contributed by atoms with Gasteiger partial charge < -0.3 is 19.3 Å². The van der Waals surface area contributed by atoms with Gasteiger partial charge in [-0.05, 0) is 59.8 Å². The normalized spacial score (nSPS) is 14.9. The molecule has 0 spiro atoms. The molecule has 0 saturated carbocycles. The molecule has 2 amide bonds. The molecule has 0 saturated heterocycles. The van der Waals surface area contributed by atoms with E-state index >= 15 is 0 Å². The first-order valence-corrected chi connectivity index (χ1v) is 12.5. The molecule has 0 N–H and O–H groups in total. The lowest BCUT2D eigenvalue weighted by Gasteiger charge is -2.37. The summed E-state index contributed by atoms with van der Waals surface area (Å²) in [7, 11) is 1.51. The topological polar surface area (TPSA) is 59.1 Å². The van der Waals surface area contributed by atoms with Crippen molar-refractivity contribution in [3.8, 4) is 5.75 Å². The van der Waals surface area contributed by atoms with Gasteiger partial charge in [0.2, 0.25) is 5.91 Å². The van der Waals surface area contributed by atoms with Gasteiger partial charge in [0.15, 0.2) is 0 Å². The zero-order chi connectivity index (χ0) is 24.8. The standard InChI is InChI=1S/C26H26ClFN2O4S/c1-33-14-13-29(26(32)20-4-2-3-5-22(20)28)16-25(31)30-12-10-24-21(11-15-35-24)23(30)17-34-19-8-6-18(27)7-9-19/h2-9,11,15,23H,10,12-14,16-17H2,1H3. The van der Waals surface area contributed by atoms with E-state index in [1.165, 1.54) is 35.1 Å². The molecular formula is C26H26ClFN2O4S. The maximum absolute atomic E-state index is 14.3. The van der Waals surface area contributed by atoms with E-state index in [9.17, 15) is 14.0 Å². The van der Waals surface area contributed by atoms with Crippen molar-refractivity contribution in [2.45, 2.75) is 12.5 Å². The number of carbonyl (C=O) groups is 2. The van der Waals surface area contributed by atoms with E-state index in [1.54, 1.807) is 46.6 Å². The van der Waals surface area contributed by atoms with Crippen LogP contribution < -0.4 is 4.74 Å². The Labute approximate surface area is 212 Å². The number of amides is 2. The Bertz CT molecular complexity index is 1170. The molecule has 1 atom stereocenters. The van der Waals surface area contributed by atoms with E-state index < -0.39 is 11.7 Å². The van der Waals surface area contributed by atoms with Crippen LogP contribution in [-0.4, -0.2) is 61.6 Å². The van der Waals surface area contributed by atoms with E-state index in [1.807, 2.05) is 11.4 Å². The summed E-state index contributed by atoms with van der Waals surface area (Å²) in [4.78, 5) is 30.9. The molecule has 3 aromatic rings. The maximum Gasteiger partial charge on any atom is 0.257 e. The minimum absolute atomic E-state index is 0.0715. The molecule has 2 aromatic carbocycles. The van der Waals surface area contributed by atoms with Crippen molar-refractivity contribution >= 4 is 34.8 Å². The maximum atomic E-state index is 14.3. The fourth-order valence-electron chi connectivity index (χ4n) is 4.09. The first kappa shape index (κ1) is 25.2. The van der Waals surface area contributed by atoms with E-state index in [-0.39, 0.29) is 43.8 Å². The monoisotopic (exact) mass is 516 g/mol. The van der Waals surface area contributed by atoms with Gasteiger partial charge in [-0.1, -0.05) is 23.7 Å². The third-order valence-corrected chi connectivity index (χ3v) is 7.17. The Hall–Kier alpha value is -2.94. The number of halogens is 2. The summed E-state index contributed by atoms with van der Waals surface area (Å²) in [5.74, 6) is -0.744. The Morgan fingerprint density at radius 2 is 1.94 bits per heavy atom. The summed E-state index contributed by atoms with van der Waals surface area (Å²) in [5, 5.41) is 2.63. The molecule has 6 nitrogen and oxygen atoms in total. The van der Waals surface area contributed by atoms with Crippen LogP contribution in [0.15, 0.2) is 60.0 Å². The predicted molar refractivity (Wildman–Crippen MR) is 134 cm³/mol. The van der Waals surface area contributed by atoms with Crippen molar-refractivity contribution in [1.82, 2.24) is 9.80 Å². The van der Waals surface area contributed by atoms with Crippen LogP contribution in [0.5, 0.6) is 5.75 Å². The van der Waals surface area contributed by atoms with E-state index in [0.717, 1.165) is 12.0 Å². The minimum atomic E-state index is -0.623. The van der Waals surface area contributed by atoms with Gasteiger partial charge in [0.05, 0.1) is 18.2 Å². The number of benzene rings is 2. The highest BCUT2D eigenvalue weighted by Crippen LogP contribution is 2.34. The molecule has 1 unspecified atom stereocenters. The van der Waals surface area contributed by atoms with Crippen LogP contribution in [0.25, 0.3) is 0 Å². The van der Waals surface area contributed by atoms with Crippen LogP contribution in [0.3, 0.4) is 0 Å². The summed E-state index contributed by atoms with van der Waals surface area (Å²) >= 11 is 7.63. The second-order valence-corrected chi connectivity index (χ2v) is 9.55. The average molecular weight is 517 g/mol. The lowest BCUT2D eigenvalue weighted by molar-refractivity contribution is -0.135. The van der Waals surface area contributed by atoms with E-state index in [0.29, 0.717) is 17.3 Å². The quantitative estimate of drug-likeness (QED) is 0.408. The zero-order valence-electron chi connectivity index (χ0n) is 19.3. The number of rotatable bonds is 9. The van der Waals surface area contributed by atoms with Crippen molar-refractivity contribution in [3.05, 3.63) is 86.8 Å². The highest BCUT2D eigenvalue weighted by Gasteiger charge is 2.34. The molecule has 0 aliphatic carbocycles. The molecule has 1 aliphatic rings. The van der Waals surface area contributed by atoms with Crippen LogP contribution in [0.4, 0.5) is 4.39 Å². The SMILES string of the molecule is COCCN(CC(=O)N1CCc2sccc2C1COc1ccc(Cl)cc1)C(=O)c1ccccc1F. The van der Waals surface area contributed by atoms with Crippen LogP contribution in [-0.2, 0) is 16.0 Å². The second-order valence-electron chi connectivity index (χ2n) is 8.12. The number of methoxy groups -OCH3 is 1. The van der Waals surface area contributed by atoms with Crippen molar-refractivity contribution in [2.24, 2.45) is 0 Å². The number of fused-ring (bicyclic) bond motifs is 1. The molecule has 184 valence electrons. The Morgan fingerprint density at radius 3 is 2.69 bits per heavy atom. The lowest BCUT2D eigenvalue weighted by atomic mass is 10.0. The van der Waals surface area contributed by atoms with Gasteiger partial charge in [-0.3, -0.25) is 9.59 Å². The summed E-state index contributed by atoms with van der Waals surface area (Å²) in [6.07, 6.45) is 0.732. The van der Waals surface area contributed by atoms with Crippen LogP contribution in [0.2, 0.25) is 5.02 Å². The second kappa shape index (κ2) is 11.7. The number of hydrogen-bond acceptors (Lipinski definition) is 5. The first-order valence-electron chi connectivity index (χ1n) is 11.2. The van der Waals surface area contributed by atoms with Gasteiger partial charge in [0.1, 0.15) is 24.7 Å². The van der Waals surface area contributed by atoms with E-state index in [2.05, 4.69) is 0 Å². The van der Waals surface area contributed by atoms with Crippen molar-refractivity contribution in [1.29, 1.82) is 0 Å². The van der Waals surface area contributed by atoms with Gasteiger partial charge >= 0.3 is 0 Å². The number of hydrogen-bond donors (Lipinski definition) is 0. The number of nitrogens with zero attached hydrogens (tertiary/aromatic N) is 2. The van der Waals surface area contributed by atoms with E-state index in [4.69, 9.17) is 21.1 Å². The fraction of sp³-hybridized carbons (Fsp3) is 0.308. The molecule has 1 aromatic heterocycles. The molecule has 0 radical (unpaired) electrons. The van der Waals surface area contributed by atoms with Crippen molar-refractivity contribution in [2.75, 3.05) is 40.0 Å². The molecule has 4 rings (SSSR count). The smallest absolute Gasteiger partial charge is 0.257 e. The van der Waals surface area contributed by atoms with Crippen molar-refractivity contribution in [3.63, 3.8) is 0 Å². The van der Waals surface area contributed by atoms with Crippen LogP contribution in [0.1, 0.15) is 26.8 Å². The number of carbonyl (C=O) groups excluding carboxylic acids is 2. The zero-order valence-corrected chi connectivity index (χ0v) is 20.9. The Kier molecular flexibility index (Phi) is 8.38.